The number of thiol groups is 1. The number of benzene rings is 4. The van der Waals surface area contributed by atoms with Gasteiger partial charge >= 0.3 is 5.97 Å². The Kier molecular flexibility index (Phi) is 4.98. The van der Waals surface area contributed by atoms with Gasteiger partial charge in [0.2, 0.25) is 0 Å². The van der Waals surface area contributed by atoms with Gasteiger partial charge in [0.1, 0.15) is 0 Å². The van der Waals surface area contributed by atoms with Gasteiger partial charge < -0.3 is 4.74 Å². The quantitative estimate of drug-likeness (QED) is 0.195. The lowest BCUT2D eigenvalue weighted by atomic mass is 9.92. The molecule has 0 N–H and O–H groups in total. The van der Waals surface area contributed by atoms with Gasteiger partial charge in [0.15, 0.2) is 0 Å². The third kappa shape index (κ3) is 3.36. The molecular weight excluding hydrogens is 340 g/mol. The maximum Gasteiger partial charge on any atom is 0.306 e. The van der Waals surface area contributed by atoms with Crippen molar-refractivity contribution in [2.45, 2.75) is 25.7 Å². The van der Waals surface area contributed by atoms with Crippen LogP contribution in [0.4, 0.5) is 0 Å². The van der Waals surface area contributed by atoms with E-state index in [1.807, 2.05) is 0 Å². The van der Waals surface area contributed by atoms with Crippen LogP contribution in [0.5, 0.6) is 0 Å². The van der Waals surface area contributed by atoms with Crippen molar-refractivity contribution in [3.63, 3.8) is 0 Å². The molecule has 0 spiro atoms. The van der Waals surface area contributed by atoms with E-state index < -0.39 is 0 Å². The zero-order valence-electron chi connectivity index (χ0n) is 14.7. The Morgan fingerprint density at radius 3 is 2.12 bits per heavy atom. The molecule has 132 valence electrons. The van der Waals surface area contributed by atoms with E-state index in [4.69, 9.17) is 4.74 Å². The Labute approximate surface area is 158 Å². The van der Waals surface area contributed by atoms with Crippen LogP contribution < -0.4 is 0 Å². The Morgan fingerprint density at radius 1 is 0.846 bits per heavy atom. The lowest BCUT2D eigenvalue weighted by Crippen LogP contribution is -2.06. The maximum atomic E-state index is 11.3. The molecule has 0 saturated heterocycles. The minimum Gasteiger partial charge on any atom is -0.466 e. The first-order valence-corrected chi connectivity index (χ1v) is 9.82. The Bertz CT molecular complexity index is 990. The lowest BCUT2D eigenvalue weighted by Gasteiger charge is -2.12. The topological polar surface area (TPSA) is 26.3 Å². The summed E-state index contributed by atoms with van der Waals surface area (Å²) in [5, 5.41) is 7.95. The number of hydrogen-bond donors (Lipinski definition) is 1. The van der Waals surface area contributed by atoms with Gasteiger partial charge in [-0.15, -0.1) is 0 Å². The number of rotatable bonds is 7. The van der Waals surface area contributed by atoms with Gasteiger partial charge in [-0.05, 0) is 57.1 Å². The number of esters is 1. The molecule has 0 fully saturated rings. The second-order valence-electron chi connectivity index (χ2n) is 6.78. The first-order valence-electron chi connectivity index (χ1n) is 9.19. The molecule has 0 aliphatic carbocycles. The highest BCUT2D eigenvalue weighted by atomic mass is 32.1. The van der Waals surface area contributed by atoms with E-state index in [-0.39, 0.29) is 5.97 Å². The fraction of sp³-hybridized carbons (Fsp3) is 0.261. The minimum absolute atomic E-state index is 0.150. The Morgan fingerprint density at radius 2 is 1.46 bits per heavy atom. The minimum atomic E-state index is -0.150. The third-order valence-electron chi connectivity index (χ3n) is 4.96. The van der Waals surface area contributed by atoms with Gasteiger partial charge in [0.25, 0.3) is 0 Å². The number of carbonyl (C=O) groups excluding carboxylic acids is 1. The van der Waals surface area contributed by atoms with Gasteiger partial charge in [-0.2, -0.15) is 12.6 Å². The molecular formula is C23H22O2S. The highest BCUT2D eigenvalue weighted by Gasteiger charge is 2.09. The summed E-state index contributed by atoms with van der Waals surface area (Å²) >= 11 is 4.04. The van der Waals surface area contributed by atoms with Crippen molar-refractivity contribution in [2.75, 3.05) is 12.4 Å². The third-order valence-corrected chi connectivity index (χ3v) is 5.19. The largest absolute Gasteiger partial charge is 0.466 e. The molecule has 0 bridgehead atoms. The molecule has 0 amide bonds. The van der Waals surface area contributed by atoms with Crippen LogP contribution in [0.1, 0.15) is 24.8 Å². The normalized spacial score (nSPS) is 11.6. The summed E-state index contributed by atoms with van der Waals surface area (Å²) in [6.45, 7) is 0.501. The SMILES string of the molecule is O=C(CCS)OCCCCc1cc2ccc3cccc4ccc(c1)c2c34. The average molecular weight is 362 g/mol. The van der Waals surface area contributed by atoms with Gasteiger partial charge in [-0.25, -0.2) is 0 Å². The summed E-state index contributed by atoms with van der Waals surface area (Å²) in [4.78, 5) is 11.3. The van der Waals surface area contributed by atoms with E-state index in [1.54, 1.807) is 0 Å². The molecule has 0 aromatic heterocycles. The highest BCUT2D eigenvalue weighted by molar-refractivity contribution is 7.80. The number of unbranched alkanes of at least 4 members (excludes halogenated alkanes) is 1. The van der Waals surface area contributed by atoms with Crippen LogP contribution in [-0.4, -0.2) is 18.3 Å². The van der Waals surface area contributed by atoms with Crippen molar-refractivity contribution >= 4 is 50.9 Å². The predicted octanol–water partition coefficient (Wildman–Crippen LogP) is 5.77. The molecule has 0 heterocycles. The van der Waals surface area contributed by atoms with E-state index in [1.165, 1.54) is 37.9 Å². The van der Waals surface area contributed by atoms with Crippen molar-refractivity contribution in [3.8, 4) is 0 Å². The summed E-state index contributed by atoms with van der Waals surface area (Å²) in [5.41, 5.74) is 1.34. The molecule has 2 nitrogen and oxygen atoms in total. The smallest absolute Gasteiger partial charge is 0.306 e. The van der Waals surface area contributed by atoms with Crippen molar-refractivity contribution in [1.29, 1.82) is 0 Å². The van der Waals surface area contributed by atoms with Crippen molar-refractivity contribution in [3.05, 3.63) is 60.2 Å². The van der Waals surface area contributed by atoms with Gasteiger partial charge in [-0.1, -0.05) is 54.6 Å². The number of hydrogen-bond acceptors (Lipinski definition) is 3. The monoisotopic (exact) mass is 362 g/mol. The Hall–Kier alpha value is -2.26. The van der Waals surface area contributed by atoms with Crippen molar-refractivity contribution in [1.82, 2.24) is 0 Å². The van der Waals surface area contributed by atoms with Crippen LogP contribution in [0, 0.1) is 0 Å². The zero-order chi connectivity index (χ0) is 17.9. The molecule has 0 aliphatic rings. The molecule has 0 radical (unpaired) electrons. The second-order valence-corrected chi connectivity index (χ2v) is 7.23. The van der Waals surface area contributed by atoms with E-state index >= 15 is 0 Å². The molecule has 0 unspecified atom stereocenters. The van der Waals surface area contributed by atoms with E-state index in [2.05, 4.69) is 67.2 Å². The van der Waals surface area contributed by atoms with Gasteiger partial charge in [-0.3, -0.25) is 4.79 Å². The van der Waals surface area contributed by atoms with Gasteiger partial charge in [0, 0.05) is 5.75 Å². The summed E-state index contributed by atoms with van der Waals surface area (Å²) in [7, 11) is 0. The molecule has 4 rings (SSSR count). The van der Waals surface area contributed by atoms with Crippen LogP contribution >= 0.6 is 12.6 Å². The Balaban J connectivity index is 1.51. The van der Waals surface area contributed by atoms with E-state index in [9.17, 15) is 4.79 Å². The molecule has 3 heteroatoms. The molecule has 0 atom stereocenters. The summed E-state index contributed by atoms with van der Waals surface area (Å²) in [5.74, 6) is 0.394. The zero-order valence-corrected chi connectivity index (χ0v) is 15.6. The molecule has 0 aliphatic heterocycles. The molecule has 4 aromatic rings. The van der Waals surface area contributed by atoms with Crippen LogP contribution in [0.2, 0.25) is 0 Å². The van der Waals surface area contributed by atoms with Crippen LogP contribution in [0.3, 0.4) is 0 Å². The van der Waals surface area contributed by atoms with Crippen LogP contribution in [0.25, 0.3) is 32.3 Å². The van der Waals surface area contributed by atoms with Crippen LogP contribution in [0.15, 0.2) is 54.6 Å². The standard InChI is InChI=1S/C23H22O2S/c24-21(11-13-26)25-12-2-1-4-16-14-19-9-7-17-5-3-6-18-8-10-20(15-16)23(19)22(17)18/h3,5-10,14-15,26H,1-2,4,11-13H2. The highest BCUT2D eigenvalue weighted by Crippen LogP contribution is 2.35. The number of aryl methyl sites for hydroxylation is 1. The van der Waals surface area contributed by atoms with Crippen molar-refractivity contribution < 1.29 is 9.53 Å². The van der Waals surface area contributed by atoms with Crippen LogP contribution in [-0.2, 0) is 16.0 Å². The van der Waals surface area contributed by atoms with E-state index in [0.717, 1.165) is 19.3 Å². The average Bonchev–Trinajstić information content (AvgIpc) is 2.66. The van der Waals surface area contributed by atoms with E-state index in [0.29, 0.717) is 18.8 Å². The summed E-state index contributed by atoms with van der Waals surface area (Å²) in [6, 6.07) is 20.0. The molecule has 4 aromatic carbocycles. The molecule has 0 saturated carbocycles. The predicted molar refractivity (Wildman–Crippen MR) is 113 cm³/mol. The molecule has 26 heavy (non-hydrogen) atoms. The van der Waals surface area contributed by atoms with Gasteiger partial charge in [0.05, 0.1) is 13.0 Å². The first-order chi connectivity index (χ1) is 12.8. The lowest BCUT2D eigenvalue weighted by molar-refractivity contribution is -0.143. The number of ether oxygens (including phenoxy) is 1. The summed E-state index contributed by atoms with van der Waals surface area (Å²) < 4.78 is 5.19. The first kappa shape index (κ1) is 17.2. The fourth-order valence-corrected chi connectivity index (χ4v) is 3.93. The fourth-order valence-electron chi connectivity index (χ4n) is 3.74. The summed E-state index contributed by atoms with van der Waals surface area (Å²) in [6.07, 6.45) is 3.30. The van der Waals surface area contributed by atoms with Crippen molar-refractivity contribution in [2.24, 2.45) is 0 Å². The second kappa shape index (κ2) is 7.55. The number of carbonyl (C=O) groups is 1. The maximum absolute atomic E-state index is 11.3.